The van der Waals surface area contributed by atoms with E-state index in [9.17, 15) is 14.4 Å². The number of pyridine rings is 1. The molecule has 0 unspecified atom stereocenters. The highest BCUT2D eigenvalue weighted by atomic mass is 19.1. The smallest absolute Gasteiger partial charge is 0.222 e. The monoisotopic (exact) mass is 390 g/mol. The maximum absolute atomic E-state index is 13.6. The molecular formula is C23H23FN4O. The van der Waals surface area contributed by atoms with Crippen LogP contribution in [-0.2, 0) is 24.2 Å². The SMILES string of the molecule is CC(C)C(=O)N[C@@H]1CCc2c(c3cc(C#N)ccc3n2Cc2cccc(F)n2)C1. The zero-order valence-electron chi connectivity index (χ0n) is 16.6. The topological polar surface area (TPSA) is 70.7 Å². The Bertz CT molecular complexity index is 1130. The zero-order chi connectivity index (χ0) is 20.5. The number of halogens is 1. The first-order chi connectivity index (χ1) is 14.0. The van der Waals surface area contributed by atoms with Crippen LogP contribution < -0.4 is 5.32 Å². The number of fused-ring (bicyclic) bond motifs is 3. The molecule has 6 heteroatoms. The molecule has 148 valence electrons. The van der Waals surface area contributed by atoms with Gasteiger partial charge in [-0.05, 0) is 55.2 Å². The lowest BCUT2D eigenvalue weighted by molar-refractivity contribution is -0.124. The largest absolute Gasteiger partial charge is 0.353 e. The summed E-state index contributed by atoms with van der Waals surface area (Å²) in [7, 11) is 0. The predicted octanol–water partition coefficient (Wildman–Crippen LogP) is 3.72. The van der Waals surface area contributed by atoms with Crippen molar-refractivity contribution in [3.63, 3.8) is 0 Å². The highest BCUT2D eigenvalue weighted by Crippen LogP contribution is 2.33. The fourth-order valence-corrected chi connectivity index (χ4v) is 4.09. The molecule has 1 aromatic carbocycles. The summed E-state index contributed by atoms with van der Waals surface area (Å²) in [6.45, 7) is 4.25. The summed E-state index contributed by atoms with van der Waals surface area (Å²) in [5.41, 5.74) is 4.61. The van der Waals surface area contributed by atoms with Crippen LogP contribution in [0.1, 0.15) is 42.8 Å². The van der Waals surface area contributed by atoms with Crippen LogP contribution in [0, 0.1) is 23.2 Å². The van der Waals surface area contributed by atoms with Gasteiger partial charge in [-0.1, -0.05) is 19.9 Å². The number of hydrogen-bond donors (Lipinski definition) is 1. The van der Waals surface area contributed by atoms with Gasteiger partial charge in [0.05, 0.1) is 23.9 Å². The van der Waals surface area contributed by atoms with Crippen molar-refractivity contribution in [1.29, 1.82) is 5.26 Å². The van der Waals surface area contributed by atoms with Crippen molar-refractivity contribution in [2.45, 2.75) is 45.7 Å². The minimum atomic E-state index is -0.490. The average molecular weight is 390 g/mol. The number of amides is 1. The molecule has 2 heterocycles. The Labute approximate surface area is 169 Å². The van der Waals surface area contributed by atoms with E-state index in [-0.39, 0.29) is 17.9 Å². The average Bonchev–Trinajstić information content (AvgIpc) is 3.00. The summed E-state index contributed by atoms with van der Waals surface area (Å²) < 4.78 is 15.8. The molecule has 0 saturated heterocycles. The number of rotatable bonds is 4. The van der Waals surface area contributed by atoms with E-state index in [1.54, 1.807) is 12.1 Å². The predicted molar refractivity (Wildman–Crippen MR) is 109 cm³/mol. The maximum Gasteiger partial charge on any atom is 0.222 e. The van der Waals surface area contributed by atoms with Gasteiger partial charge < -0.3 is 9.88 Å². The Balaban J connectivity index is 1.76. The lowest BCUT2D eigenvalue weighted by Gasteiger charge is -2.26. The molecule has 0 spiro atoms. The lowest BCUT2D eigenvalue weighted by Crippen LogP contribution is -2.41. The number of nitrogens with zero attached hydrogens (tertiary/aromatic N) is 3. The van der Waals surface area contributed by atoms with E-state index in [1.807, 2.05) is 32.0 Å². The molecule has 5 nitrogen and oxygen atoms in total. The third kappa shape index (κ3) is 3.73. The van der Waals surface area contributed by atoms with Gasteiger partial charge in [-0.25, -0.2) is 4.98 Å². The summed E-state index contributed by atoms with van der Waals surface area (Å²) in [6, 6.07) is 12.8. The molecule has 1 aliphatic rings. The molecule has 1 N–H and O–H groups in total. The second-order valence-corrected chi connectivity index (χ2v) is 7.91. The van der Waals surface area contributed by atoms with Gasteiger partial charge in [0.1, 0.15) is 0 Å². The minimum absolute atomic E-state index is 0.0537. The summed E-state index contributed by atoms with van der Waals surface area (Å²) in [5, 5.41) is 13.5. The maximum atomic E-state index is 13.6. The lowest BCUT2D eigenvalue weighted by atomic mass is 9.90. The van der Waals surface area contributed by atoms with Crippen LogP contribution in [-0.4, -0.2) is 21.5 Å². The van der Waals surface area contributed by atoms with Crippen molar-refractivity contribution in [3.8, 4) is 6.07 Å². The molecule has 0 saturated carbocycles. The number of carbonyl (C=O) groups excluding carboxylic acids is 1. The Kier molecular flexibility index (Phi) is 5.06. The molecular weight excluding hydrogens is 367 g/mol. The van der Waals surface area contributed by atoms with Crippen molar-refractivity contribution in [2.75, 3.05) is 0 Å². The third-order valence-corrected chi connectivity index (χ3v) is 5.56. The van der Waals surface area contributed by atoms with E-state index in [4.69, 9.17) is 0 Å². The van der Waals surface area contributed by atoms with E-state index in [2.05, 4.69) is 20.9 Å². The van der Waals surface area contributed by atoms with Gasteiger partial charge in [0.2, 0.25) is 11.9 Å². The van der Waals surface area contributed by atoms with E-state index in [0.717, 1.165) is 35.7 Å². The first kappa shape index (κ1) is 19.1. The van der Waals surface area contributed by atoms with E-state index >= 15 is 0 Å². The van der Waals surface area contributed by atoms with Crippen LogP contribution in [0.5, 0.6) is 0 Å². The first-order valence-electron chi connectivity index (χ1n) is 9.92. The quantitative estimate of drug-likeness (QED) is 0.690. The van der Waals surface area contributed by atoms with Crippen LogP contribution in [0.3, 0.4) is 0 Å². The Hall–Kier alpha value is -3.20. The van der Waals surface area contributed by atoms with Crippen molar-refractivity contribution in [1.82, 2.24) is 14.9 Å². The molecule has 0 bridgehead atoms. The van der Waals surface area contributed by atoms with Crippen LogP contribution >= 0.6 is 0 Å². The van der Waals surface area contributed by atoms with Crippen LogP contribution in [0.4, 0.5) is 4.39 Å². The third-order valence-electron chi connectivity index (χ3n) is 5.56. The van der Waals surface area contributed by atoms with Gasteiger partial charge in [0.15, 0.2) is 0 Å². The van der Waals surface area contributed by atoms with Gasteiger partial charge in [-0.2, -0.15) is 9.65 Å². The summed E-state index contributed by atoms with van der Waals surface area (Å²) in [6.07, 6.45) is 2.39. The van der Waals surface area contributed by atoms with Crippen molar-refractivity contribution >= 4 is 16.8 Å². The fourth-order valence-electron chi connectivity index (χ4n) is 4.09. The molecule has 0 radical (unpaired) electrons. The second kappa shape index (κ2) is 7.67. The minimum Gasteiger partial charge on any atom is -0.353 e. The molecule has 0 fully saturated rings. The van der Waals surface area contributed by atoms with Gasteiger partial charge in [0.25, 0.3) is 0 Å². The molecule has 29 heavy (non-hydrogen) atoms. The van der Waals surface area contributed by atoms with Crippen molar-refractivity contribution < 1.29 is 9.18 Å². The van der Waals surface area contributed by atoms with Crippen LogP contribution in [0.2, 0.25) is 0 Å². The number of carbonyl (C=O) groups is 1. The fraction of sp³-hybridized carbons (Fsp3) is 0.348. The van der Waals surface area contributed by atoms with Gasteiger partial charge >= 0.3 is 0 Å². The number of benzene rings is 1. The molecule has 1 aliphatic carbocycles. The van der Waals surface area contributed by atoms with Crippen molar-refractivity contribution in [3.05, 3.63) is 64.9 Å². The second-order valence-electron chi connectivity index (χ2n) is 7.91. The molecule has 1 amide bonds. The number of nitriles is 1. The standard InChI is InChI=1S/C23H23FN4O/c1-14(2)23(29)27-16-7-9-21-19(11-16)18-10-15(12-25)6-8-20(18)28(21)13-17-4-3-5-22(24)26-17/h3-6,8,10,14,16H,7,9,11,13H2,1-2H3,(H,27,29)/t16-/m1/s1. The number of aromatic nitrogens is 2. The number of hydrogen-bond acceptors (Lipinski definition) is 3. The summed E-state index contributed by atoms with van der Waals surface area (Å²) in [5.74, 6) is -0.484. The Morgan fingerprint density at radius 3 is 2.93 bits per heavy atom. The molecule has 3 aromatic rings. The molecule has 4 rings (SSSR count). The molecule has 2 aromatic heterocycles. The summed E-state index contributed by atoms with van der Waals surface area (Å²) in [4.78, 5) is 16.2. The Morgan fingerprint density at radius 1 is 1.38 bits per heavy atom. The highest BCUT2D eigenvalue weighted by Gasteiger charge is 2.27. The van der Waals surface area contributed by atoms with Crippen LogP contribution in [0.15, 0.2) is 36.4 Å². The molecule has 1 atom stereocenters. The van der Waals surface area contributed by atoms with Crippen molar-refractivity contribution in [2.24, 2.45) is 5.92 Å². The van der Waals surface area contributed by atoms with Gasteiger partial charge in [-0.15, -0.1) is 0 Å². The van der Waals surface area contributed by atoms with Gasteiger partial charge in [0, 0.05) is 28.6 Å². The van der Waals surface area contributed by atoms with E-state index in [0.29, 0.717) is 17.8 Å². The zero-order valence-corrected chi connectivity index (χ0v) is 16.6. The highest BCUT2D eigenvalue weighted by molar-refractivity contribution is 5.87. The van der Waals surface area contributed by atoms with E-state index in [1.165, 1.54) is 11.8 Å². The normalized spacial score (nSPS) is 15.9. The first-order valence-corrected chi connectivity index (χ1v) is 9.92. The number of nitrogens with one attached hydrogen (secondary N) is 1. The summed E-state index contributed by atoms with van der Waals surface area (Å²) >= 11 is 0. The van der Waals surface area contributed by atoms with Gasteiger partial charge in [-0.3, -0.25) is 4.79 Å². The van der Waals surface area contributed by atoms with Crippen LogP contribution in [0.25, 0.3) is 10.9 Å². The molecule has 0 aliphatic heterocycles. The van der Waals surface area contributed by atoms with E-state index < -0.39 is 5.95 Å². The Morgan fingerprint density at radius 2 is 2.21 bits per heavy atom.